The fourth-order valence-corrected chi connectivity index (χ4v) is 2.87. The number of ether oxygens (including phenoxy) is 2. The van der Waals surface area contributed by atoms with E-state index in [2.05, 4.69) is 4.90 Å². The Kier molecular flexibility index (Phi) is 6.75. The molecular weight excluding hydrogens is 310 g/mol. The summed E-state index contributed by atoms with van der Waals surface area (Å²) in [7, 11) is 1.41. The van der Waals surface area contributed by atoms with Crippen LogP contribution in [0.5, 0.6) is 5.75 Å². The highest BCUT2D eigenvalue weighted by Crippen LogP contribution is 2.19. The molecule has 6 nitrogen and oxygen atoms in total. The maximum atomic E-state index is 11.5. The van der Waals surface area contributed by atoms with Crippen molar-refractivity contribution in [3.05, 3.63) is 29.8 Å². The second kappa shape index (κ2) is 8.80. The van der Waals surface area contributed by atoms with Gasteiger partial charge in [-0.25, -0.2) is 0 Å². The summed E-state index contributed by atoms with van der Waals surface area (Å²) in [5, 5.41) is 10.1. The van der Waals surface area contributed by atoms with E-state index in [4.69, 9.17) is 9.47 Å². The maximum absolute atomic E-state index is 11.5. The van der Waals surface area contributed by atoms with Crippen LogP contribution in [-0.4, -0.2) is 61.2 Å². The topological polar surface area (TPSA) is 76.1 Å². The third kappa shape index (κ3) is 5.32. The molecule has 0 saturated carbocycles. The number of rotatable bonds is 7. The molecule has 0 amide bonds. The first-order valence-electron chi connectivity index (χ1n) is 8.21. The van der Waals surface area contributed by atoms with Gasteiger partial charge in [0.1, 0.15) is 18.5 Å². The quantitative estimate of drug-likeness (QED) is 0.601. The molecule has 0 aliphatic carbocycles. The summed E-state index contributed by atoms with van der Waals surface area (Å²) in [6, 6.07) is 6.94. The molecule has 0 spiro atoms. The molecule has 0 radical (unpaired) electrons. The third-order valence-corrected chi connectivity index (χ3v) is 4.27. The van der Waals surface area contributed by atoms with Gasteiger partial charge in [-0.1, -0.05) is 12.1 Å². The summed E-state index contributed by atoms with van der Waals surface area (Å²) in [5.41, 5.74) is 0.590. The molecule has 0 unspecified atom stereocenters. The van der Waals surface area contributed by atoms with Crippen molar-refractivity contribution >= 4 is 11.8 Å². The Labute approximate surface area is 142 Å². The molecule has 24 heavy (non-hydrogen) atoms. The van der Waals surface area contributed by atoms with Crippen LogP contribution in [0.1, 0.15) is 30.1 Å². The summed E-state index contributed by atoms with van der Waals surface area (Å²) in [4.78, 5) is 25.0. The van der Waals surface area contributed by atoms with Crippen molar-refractivity contribution in [2.75, 3.05) is 33.4 Å². The molecular formula is C18H25NO5. The fraction of sp³-hybridized carbons (Fsp3) is 0.556. The number of hydrogen-bond acceptors (Lipinski definition) is 6. The van der Waals surface area contributed by atoms with Crippen LogP contribution in [0, 0.1) is 5.92 Å². The number of esters is 1. The molecule has 1 fully saturated rings. The highest BCUT2D eigenvalue weighted by atomic mass is 16.5. The zero-order chi connectivity index (χ0) is 17.5. The molecule has 1 heterocycles. The number of aliphatic hydroxyl groups is 1. The van der Waals surface area contributed by atoms with Gasteiger partial charge in [-0.15, -0.1) is 0 Å². The Balaban J connectivity index is 1.74. The van der Waals surface area contributed by atoms with E-state index in [1.54, 1.807) is 24.3 Å². The van der Waals surface area contributed by atoms with Crippen molar-refractivity contribution in [2.24, 2.45) is 5.92 Å². The standard InChI is InChI=1S/C18H25NO5/c1-13(20)15-4-3-5-17(10-15)24-12-16(21)11-19-8-6-14(7-9-19)18(22)23-2/h3-5,10,14,16,21H,6-9,11-12H2,1-2H3/t16-/m1/s1. The predicted octanol–water partition coefficient (Wildman–Crippen LogP) is 1.51. The monoisotopic (exact) mass is 335 g/mol. The highest BCUT2D eigenvalue weighted by Gasteiger charge is 2.26. The van der Waals surface area contributed by atoms with Crippen LogP contribution >= 0.6 is 0 Å². The zero-order valence-corrected chi connectivity index (χ0v) is 14.2. The van der Waals surface area contributed by atoms with Crippen molar-refractivity contribution in [3.8, 4) is 5.75 Å². The van der Waals surface area contributed by atoms with Crippen LogP contribution in [0.4, 0.5) is 0 Å². The second-order valence-corrected chi connectivity index (χ2v) is 6.15. The van der Waals surface area contributed by atoms with Crippen LogP contribution in [0.2, 0.25) is 0 Å². The lowest BCUT2D eigenvalue weighted by molar-refractivity contribution is -0.147. The van der Waals surface area contributed by atoms with E-state index >= 15 is 0 Å². The Morgan fingerprint density at radius 3 is 2.67 bits per heavy atom. The first kappa shape index (κ1) is 18.4. The average molecular weight is 335 g/mol. The molecule has 1 aromatic rings. The van der Waals surface area contributed by atoms with Gasteiger partial charge >= 0.3 is 5.97 Å². The van der Waals surface area contributed by atoms with Gasteiger partial charge in [-0.2, -0.15) is 0 Å². The first-order chi connectivity index (χ1) is 11.5. The van der Waals surface area contributed by atoms with Crippen molar-refractivity contribution in [2.45, 2.75) is 25.9 Å². The van der Waals surface area contributed by atoms with Crippen LogP contribution in [0.3, 0.4) is 0 Å². The zero-order valence-electron chi connectivity index (χ0n) is 14.2. The predicted molar refractivity (Wildman–Crippen MR) is 89.1 cm³/mol. The molecule has 1 aliphatic rings. The number of benzene rings is 1. The molecule has 0 bridgehead atoms. The lowest BCUT2D eigenvalue weighted by Crippen LogP contribution is -2.42. The minimum absolute atomic E-state index is 0.0190. The number of β-amino-alcohol motifs (C(OH)–C–C–N with tert-alkyl or cyclic N) is 1. The van der Waals surface area contributed by atoms with Crippen molar-refractivity contribution in [1.29, 1.82) is 0 Å². The Morgan fingerprint density at radius 1 is 1.33 bits per heavy atom. The number of Topliss-reactive ketones (excluding diaryl/α,β-unsaturated/α-hetero) is 1. The number of carbonyl (C=O) groups excluding carboxylic acids is 2. The number of methoxy groups -OCH3 is 1. The average Bonchev–Trinajstić information content (AvgIpc) is 2.60. The molecule has 6 heteroatoms. The minimum atomic E-state index is -0.624. The van der Waals surface area contributed by atoms with E-state index in [9.17, 15) is 14.7 Å². The first-order valence-corrected chi connectivity index (χ1v) is 8.21. The normalized spacial score (nSPS) is 17.3. The summed E-state index contributed by atoms with van der Waals surface area (Å²) in [6.45, 7) is 3.69. The van der Waals surface area contributed by atoms with Crippen molar-refractivity contribution < 1.29 is 24.2 Å². The lowest BCUT2D eigenvalue weighted by atomic mass is 9.97. The number of nitrogens with zero attached hydrogens (tertiary/aromatic N) is 1. The highest BCUT2D eigenvalue weighted by molar-refractivity contribution is 5.94. The van der Waals surface area contributed by atoms with Gasteiger partial charge in [0.15, 0.2) is 5.78 Å². The largest absolute Gasteiger partial charge is 0.491 e. The maximum Gasteiger partial charge on any atom is 0.308 e. The number of piperidine rings is 1. The smallest absolute Gasteiger partial charge is 0.308 e. The Hall–Kier alpha value is -1.92. The van der Waals surface area contributed by atoms with Gasteiger partial charge in [0.25, 0.3) is 0 Å². The van der Waals surface area contributed by atoms with Crippen LogP contribution in [0.15, 0.2) is 24.3 Å². The van der Waals surface area contributed by atoms with Gasteiger partial charge < -0.3 is 19.5 Å². The van der Waals surface area contributed by atoms with E-state index in [0.717, 1.165) is 25.9 Å². The van der Waals surface area contributed by atoms with E-state index in [1.807, 2.05) is 0 Å². The molecule has 1 saturated heterocycles. The van der Waals surface area contributed by atoms with Crippen LogP contribution in [0.25, 0.3) is 0 Å². The van der Waals surface area contributed by atoms with Gasteiger partial charge in [0.05, 0.1) is 13.0 Å². The Bertz CT molecular complexity index is 566. The summed E-state index contributed by atoms with van der Waals surface area (Å²) in [5.74, 6) is 0.374. The van der Waals surface area contributed by atoms with Gasteiger partial charge in [-0.05, 0) is 45.0 Å². The Morgan fingerprint density at radius 2 is 2.04 bits per heavy atom. The van der Waals surface area contributed by atoms with E-state index in [-0.39, 0.29) is 24.3 Å². The number of ketones is 1. The van der Waals surface area contributed by atoms with Crippen LogP contribution in [-0.2, 0) is 9.53 Å². The van der Waals surface area contributed by atoms with E-state index in [0.29, 0.717) is 17.9 Å². The third-order valence-electron chi connectivity index (χ3n) is 4.27. The van der Waals surface area contributed by atoms with Crippen LogP contribution < -0.4 is 4.74 Å². The van der Waals surface area contributed by atoms with Gasteiger partial charge in [0.2, 0.25) is 0 Å². The number of likely N-dealkylation sites (tertiary alicyclic amines) is 1. The SMILES string of the molecule is COC(=O)C1CCN(C[C@@H](O)COc2cccc(C(C)=O)c2)CC1. The number of hydrogen-bond donors (Lipinski definition) is 1. The van der Waals surface area contributed by atoms with E-state index in [1.165, 1.54) is 14.0 Å². The minimum Gasteiger partial charge on any atom is -0.491 e. The van der Waals surface area contributed by atoms with Gasteiger partial charge in [0, 0.05) is 12.1 Å². The fourth-order valence-electron chi connectivity index (χ4n) is 2.87. The molecule has 1 aliphatic heterocycles. The molecule has 1 atom stereocenters. The molecule has 1 N–H and O–H groups in total. The van der Waals surface area contributed by atoms with Crippen molar-refractivity contribution in [3.63, 3.8) is 0 Å². The number of carbonyl (C=O) groups is 2. The second-order valence-electron chi connectivity index (χ2n) is 6.15. The summed E-state index contributed by atoms with van der Waals surface area (Å²) >= 11 is 0. The summed E-state index contributed by atoms with van der Waals surface area (Å²) < 4.78 is 10.3. The lowest BCUT2D eigenvalue weighted by Gasteiger charge is -2.31. The molecule has 0 aromatic heterocycles. The number of aliphatic hydroxyl groups excluding tert-OH is 1. The van der Waals surface area contributed by atoms with Gasteiger partial charge in [-0.3, -0.25) is 9.59 Å². The molecule has 2 rings (SSSR count). The summed E-state index contributed by atoms with van der Waals surface area (Å²) in [6.07, 6.45) is 0.877. The van der Waals surface area contributed by atoms with E-state index < -0.39 is 6.10 Å². The molecule has 1 aromatic carbocycles. The van der Waals surface area contributed by atoms with Crippen molar-refractivity contribution in [1.82, 2.24) is 4.90 Å². The molecule has 132 valence electrons.